The predicted octanol–water partition coefficient (Wildman–Crippen LogP) is 6.29. The predicted molar refractivity (Wildman–Crippen MR) is 156 cm³/mol. The molecule has 1 aliphatic rings. The number of thiazole rings is 1. The molecule has 204 valence electrons. The summed E-state index contributed by atoms with van der Waals surface area (Å²) < 4.78 is 34.9. The number of nitrogens with zero attached hydrogens (tertiary/aromatic N) is 3. The normalized spacial score (nSPS) is 15.7. The van der Waals surface area contributed by atoms with Crippen LogP contribution in [0.3, 0.4) is 0 Å². The van der Waals surface area contributed by atoms with Crippen LogP contribution in [0.1, 0.15) is 41.3 Å². The lowest BCUT2D eigenvalue weighted by Crippen LogP contribution is -2.37. The second-order valence-electron chi connectivity index (χ2n) is 9.53. The maximum atomic E-state index is 13.8. The van der Waals surface area contributed by atoms with Gasteiger partial charge in [0.15, 0.2) is 5.13 Å². The van der Waals surface area contributed by atoms with Crippen molar-refractivity contribution in [3.8, 4) is 0 Å². The van der Waals surface area contributed by atoms with E-state index < -0.39 is 10.0 Å². The molecule has 10 heteroatoms. The van der Waals surface area contributed by atoms with Gasteiger partial charge in [0.1, 0.15) is 0 Å². The van der Waals surface area contributed by atoms with Crippen molar-refractivity contribution in [1.82, 2.24) is 9.29 Å². The summed E-state index contributed by atoms with van der Waals surface area (Å²) in [6.45, 7) is 5.40. The van der Waals surface area contributed by atoms with Gasteiger partial charge >= 0.3 is 0 Å². The largest absolute Gasteiger partial charge is 0.376 e. The molecule has 0 bridgehead atoms. The van der Waals surface area contributed by atoms with E-state index in [2.05, 4.69) is 0 Å². The van der Waals surface area contributed by atoms with Crippen LogP contribution in [-0.4, -0.2) is 49.4 Å². The van der Waals surface area contributed by atoms with E-state index in [1.807, 2.05) is 56.3 Å². The lowest BCUT2D eigenvalue weighted by Gasteiger charge is -2.23. The Hall–Kier alpha value is -2.82. The number of ether oxygens (including phenoxy) is 1. The van der Waals surface area contributed by atoms with Gasteiger partial charge in [0.25, 0.3) is 5.91 Å². The van der Waals surface area contributed by atoms with Crippen molar-refractivity contribution in [3.63, 3.8) is 0 Å². The minimum Gasteiger partial charge on any atom is -0.376 e. The summed E-state index contributed by atoms with van der Waals surface area (Å²) in [4.78, 5) is 20.4. The molecule has 2 heterocycles. The quantitative estimate of drug-likeness (QED) is 0.231. The highest BCUT2D eigenvalue weighted by molar-refractivity contribution is 7.89. The lowest BCUT2D eigenvalue weighted by molar-refractivity contribution is 0.0917. The van der Waals surface area contributed by atoms with Gasteiger partial charge in [0, 0.05) is 25.3 Å². The Bertz CT molecular complexity index is 1530. The number of hydrogen-bond donors (Lipinski definition) is 0. The average molecular weight is 584 g/mol. The van der Waals surface area contributed by atoms with Gasteiger partial charge in [-0.15, -0.1) is 0 Å². The van der Waals surface area contributed by atoms with Gasteiger partial charge in [0.05, 0.1) is 32.8 Å². The van der Waals surface area contributed by atoms with Crippen molar-refractivity contribution in [2.45, 2.75) is 44.2 Å². The van der Waals surface area contributed by atoms with E-state index in [4.69, 9.17) is 21.3 Å². The molecular weight excluding hydrogens is 554 g/mol. The zero-order valence-electron chi connectivity index (χ0n) is 21.8. The van der Waals surface area contributed by atoms with Crippen LogP contribution >= 0.6 is 22.9 Å². The summed E-state index contributed by atoms with van der Waals surface area (Å²) >= 11 is 7.82. The Labute approximate surface area is 238 Å². The van der Waals surface area contributed by atoms with Crippen LogP contribution in [0.15, 0.2) is 71.6 Å². The molecule has 1 aliphatic heterocycles. The van der Waals surface area contributed by atoms with Crippen molar-refractivity contribution >= 4 is 54.2 Å². The minimum absolute atomic E-state index is 0.0896. The van der Waals surface area contributed by atoms with Crippen LogP contribution in [0.4, 0.5) is 5.13 Å². The van der Waals surface area contributed by atoms with Crippen LogP contribution < -0.4 is 4.90 Å². The third kappa shape index (κ3) is 5.88. The Kier molecular flexibility index (Phi) is 8.35. The van der Waals surface area contributed by atoms with E-state index in [9.17, 15) is 13.2 Å². The fourth-order valence-corrected chi connectivity index (χ4v) is 7.44. The van der Waals surface area contributed by atoms with Crippen molar-refractivity contribution in [3.05, 3.63) is 88.4 Å². The molecule has 1 unspecified atom stereocenters. The van der Waals surface area contributed by atoms with E-state index in [1.165, 1.54) is 27.8 Å². The second-order valence-corrected chi connectivity index (χ2v) is 12.9. The third-order valence-corrected chi connectivity index (χ3v) is 10.3. The molecule has 5 rings (SSSR count). The molecule has 39 heavy (non-hydrogen) atoms. The summed E-state index contributed by atoms with van der Waals surface area (Å²) in [6, 6.07) is 19.4. The van der Waals surface area contributed by atoms with Crippen molar-refractivity contribution in [2.24, 2.45) is 0 Å². The topological polar surface area (TPSA) is 79.8 Å². The third-order valence-electron chi connectivity index (χ3n) is 6.87. The average Bonchev–Trinajstić information content (AvgIpc) is 3.64. The van der Waals surface area contributed by atoms with E-state index in [1.54, 1.807) is 17.0 Å². The fraction of sp³-hybridized carbons (Fsp3) is 0.310. The second kappa shape index (κ2) is 11.7. The SMILES string of the molecule is CCN(Cc1ccccc1)S(=O)(=O)c1ccc(C(=O)N(CC2CCCO2)c2nc3c(C)ccc(Cl)c3s2)cc1. The Balaban J connectivity index is 1.43. The Morgan fingerprint density at radius 1 is 1.10 bits per heavy atom. The first kappa shape index (κ1) is 27.7. The molecule has 4 aromatic rings. The summed E-state index contributed by atoms with van der Waals surface area (Å²) in [5, 5.41) is 1.13. The number of fused-ring (bicyclic) bond motifs is 1. The number of hydrogen-bond acceptors (Lipinski definition) is 6. The number of rotatable bonds is 9. The smallest absolute Gasteiger partial charge is 0.260 e. The maximum Gasteiger partial charge on any atom is 0.260 e. The molecule has 0 aliphatic carbocycles. The van der Waals surface area contributed by atoms with Crippen molar-refractivity contribution in [1.29, 1.82) is 0 Å². The van der Waals surface area contributed by atoms with Crippen molar-refractivity contribution < 1.29 is 17.9 Å². The summed E-state index contributed by atoms with van der Waals surface area (Å²) in [7, 11) is -3.75. The van der Waals surface area contributed by atoms with Crippen LogP contribution in [0.2, 0.25) is 5.02 Å². The number of benzene rings is 3. The molecule has 1 saturated heterocycles. The standard InChI is InChI=1S/C29H30ClN3O4S2/c1-3-32(18-21-8-5-4-6-9-21)39(35,36)24-14-12-22(13-15-24)28(34)33(19-23-10-7-17-37-23)29-31-26-20(2)11-16-25(30)27(26)38-29/h4-6,8-9,11-16,23H,3,7,10,17-19H2,1-2H3. The van der Waals surface area contributed by atoms with Crippen LogP contribution in [0.25, 0.3) is 10.2 Å². The van der Waals surface area contributed by atoms with Crippen LogP contribution in [-0.2, 0) is 21.3 Å². The van der Waals surface area contributed by atoms with Gasteiger partial charge < -0.3 is 4.74 Å². The number of amides is 1. The molecule has 0 N–H and O–H groups in total. The van der Waals surface area contributed by atoms with Crippen LogP contribution in [0.5, 0.6) is 0 Å². The number of carbonyl (C=O) groups excluding carboxylic acids is 1. The van der Waals surface area contributed by atoms with Gasteiger partial charge in [0.2, 0.25) is 10.0 Å². The van der Waals surface area contributed by atoms with Gasteiger partial charge in [-0.25, -0.2) is 13.4 Å². The zero-order valence-corrected chi connectivity index (χ0v) is 24.2. The first-order valence-electron chi connectivity index (χ1n) is 12.9. The first-order chi connectivity index (χ1) is 18.8. The Morgan fingerprint density at radius 2 is 1.85 bits per heavy atom. The molecule has 7 nitrogen and oxygen atoms in total. The molecule has 3 aromatic carbocycles. The van der Waals surface area contributed by atoms with E-state index in [0.717, 1.165) is 34.2 Å². The van der Waals surface area contributed by atoms with Gasteiger partial charge in [-0.1, -0.05) is 66.3 Å². The number of aryl methyl sites for hydroxylation is 1. The highest BCUT2D eigenvalue weighted by Crippen LogP contribution is 2.36. The molecule has 0 saturated carbocycles. The molecule has 1 amide bonds. The van der Waals surface area contributed by atoms with Gasteiger partial charge in [-0.3, -0.25) is 9.69 Å². The zero-order chi connectivity index (χ0) is 27.6. The molecular formula is C29H30ClN3O4S2. The van der Waals surface area contributed by atoms with Gasteiger partial charge in [-0.05, 0) is 61.2 Å². The molecule has 0 radical (unpaired) electrons. The minimum atomic E-state index is -3.75. The molecule has 1 fully saturated rings. The monoisotopic (exact) mass is 583 g/mol. The molecule has 1 aromatic heterocycles. The lowest BCUT2D eigenvalue weighted by atomic mass is 10.2. The Morgan fingerprint density at radius 3 is 2.49 bits per heavy atom. The maximum absolute atomic E-state index is 13.8. The summed E-state index contributed by atoms with van der Waals surface area (Å²) in [5.41, 5.74) is 3.03. The first-order valence-corrected chi connectivity index (χ1v) is 15.5. The highest BCUT2D eigenvalue weighted by atomic mass is 35.5. The number of anilines is 1. The van der Waals surface area contributed by atoms with E-state index in [0.29, 0.717) is 35.4 Å². The molecule has 0 spiro atoms. The summed E-state index contributed by atoms with van der Waals surface area (Å²) in [6.07, 6.45) is 1.72. The highest BCUT2D eigenvalue weighted by Gasteiger charge is 2.29. The van der Waals surface area contributed by atoms with Crippen LogP contribution in [0, 0.1) is 6.92 Å². The number of carbonyl (C=O) groups is 1. The number of sulfonamides is 1. The number of halogens is 1. The fourth-order valence-electron chi connectivity index (χ4n) is 4.67. The van der Waals surface area contributed by atoms with Crippen molar-refractivity contribution in [2.75, 3.05) is 24.6 Å². The van der Waals surface area contributed by atoms with Gasteiger partial charge in [-0.2, -0.15) is 4.31 Å². The summed E-state index contributed by atoms with van der Waals surface area (Å²) in [5.74, 6) is -0.265. The molecule has 1 atom stereocenters. The number of aromatic nitrogens is 1. The van der Waals surface area contributed by atoms with E-state index >= 15 is 0 Å². The van der Waals surface area contributed by atoms with E-state index in [-0.39, 0.29) is 23.5 Å².